The highest BCUT2D eigenvalue weighted by Crippen LogP contribution is 2.45. The van der Waals surface area contributed by atoms with Crippen molar-refractivity contribution in [1.29, 1.82) is 0 Å². The van der Waals surface area contributed by atoms with E-state index in [1.807, 2.05) is 6.21 Å². The SMILES string of the molecule is C1=Nc2nc(-c3cccc(-c4ccc5c(c4)c(-c4cccc6ccccc46)cc4c6ccccc6c(-c6cccc7ccccc67)cc54)c3)oc2CC1. The number of benzene rings is 9. The first-order valence-corrected chi connectivity index (χ1v) is 18.3. The van der Waals surface area contributed by atoms with E-state index in [1.165, 1.54) is 76.1 Å². The van der Waals surface area contributed by atoms with E-state index >= 15 is 0 Å². The van der Waals surface area contributed by atoms with E-state index in [1.54, 1.807) is 0 Å². The lowest BCUT2D eigenvalue weighted by atomic mass is 9.85. The summed E-state index contributed by atoms with van der Waals surface area (Å²) in [4.78, 5) is 9.20. The molecule has 0 fully saturated rings. The van der Waals surface area contributed by atoms with Crippen molar-refractivity contribution in [1.82, 2.24) is 4.98 Å². The Kier molecular flexibility index (Phi) is 6.68. The molecule has 0 radical (unpaired) electrons. The normalized spacial score (nSPS) is 12.7. The Labute approximate surface area is 306 Å². The van der Waals surface area contributed by atoms with Gasteiger partial charge in [-0.15, -0.1) is 0 Å². The Balaban J connectivity index is 1.20. The van der Waals surface area contributed by atoms with Gasteiger partial charge in [-0.1, -0.05) is 133 Å². The zero-order chi connectivity index (χ0) is 34.9. The maximum absolute atomic E-state index is 6.20. The lowest BCUT2D eigenvalue weighted by Crippen LogP contribution is -1.91. The topological polar surface area (TPSA) is 38.4 Å². The van der Waals surface area contributed by atoms with Crippen LogP contribution in [-0.4, -0.2) is 11.2 Å². The third-order valence-corrected chi connectivity index (χ3v) is 11.0. The van der Waals surface area contributed by atoms with E-state index in [-0.39, 0.29) is 0 Å². The molecule has 0 saturated heterocycles. The molecule has 0 saturated carbocycles. The summed E-state index contributed by atoms with van der Waals surface area (Å²) in [5, 5.41) is 12.5. The van der Waals surface area contributed by atoms with Gasteiger partial charge in [0.25, 0.3) is 0 Å². The fourth-order valence-corrected chi connectivity index (χ4v) is 8.46. The summed E-state index contributed by atoms with van der Waals surface area (Å²) >= 11 is 0. The van der Waals surface area contributed by atoms with E-state index in [9.17, 15) is 0 Å². The van der Waals surface area contributed by atoms with Gasteiger partial charge >= 0.3 is 0 Å². The maximum Gasteiger partial charge on any atom is 0.228 e. The van der Waals surface area contributed by atoms with Gasteiger partial charge in [0.2, 0.25) is 5.89 Å². The summed E-state index contributed by atoms with van der Waals surface area (Å²) in [6, 6.07) is 60.0. The van der Waals surface area contributed by atoms with Crippen molar-refractivity contribution >= 4 is 65.9 Å². The van der Waals surface area contributed by atoms with E-state index in [4.69, 9.17) is 9.40 Å². The molecule has 248 valence electrons. The molecule has 2 heterocycles. The molecule has 9 aromatic carbocycles. The lowest BCUT2D eigenvalue weighted by Gasteiger charge is -2.18. The molecule has 11 rings (SSSR count). The first-order chi connectivity index (χ1) is 26.3. The molecule has 10 aromatic rings. The molecule has 0 amide bonds. The second-order valence-corrected chi connectivity index (χ2v) is 14.0. The summed E-state index contributed by atoms with van der Waals surface area (Å²) in [6.45, 7) is 0. The van der Waals surface area contributed by atoms with Crippen LogP contribution in [0.1, 0.15) is 12.2 Å². The number of fused-ring (bicyclic) bond motifs is 8. The zero-order valence-electron chi connectivity index (χ0n) is 28.9. The van der Waals surface area contributed by atoms with Crippen molar-refractivity contribution < 1.29 is 4.42 Å². The summed E-state index contributed by atoms with van der Waals surface area (Å²) < 4.78 is 6.20. The van der Waals surface area contributed by atoms with Crippen LogP contribution in [0.25, 0.3) is 98.7 Å². The number of aryl methyl sites for hydroxylation is 1. The Morgan fingerprint density at radius 3 is 1.68 bits per heavy atom. The predicted molar refractivity (Wildman–Crippen MR) is 222 cm³/mol. The maximum atomic E-state index is 6.20. The minimum Gasteiger partial charge on any atom is -0.439 e. The highest BCUT2D eigenvalue weighted by molar-refractivity contribution is 6.25. The summed E-state index contributed by atoms with van der Waals surface area (Å²) in [5.74, 6) is 2.18. The summed E-state index contributed by atoms with van der Waals surface area (Å²) in [7, 11) is 0. The number of rotatable bonds is 4. The van der Waals surface area contributed by atoms with Crippen LogP contribution in [0.15, 0.2) is 173 Å². The van der Waals surface area contributed by atoms with Crippen LogP contribution in [0.5, 0.6) is 0 Å². The lowest BCUT2D eigenvalue weighted by molar-refractivity contribution is 0.520. The Hall–Kier alpha value is -6.84. The van der Waals surface area contributed by atoms with Crippen molar-refractivity contribution in [3.63, 3.8) is 0 Å². The molecule has 0 unspecified atom stereocenters. The fraction of sp³-hybridized carbons (Fsp3) is 0.0400. The third-order valence-electron chi connectivity index (χ3n) is 11.0. The van der Waals surface area contributed by atoms with Crippen molar-refractivity contribution in [2.24, 2.45) is 4.99 Å². The van der Waals surface area contributed by atoms with Gasteiger partial charge in [0, 0.05) is 18.2 Å². The molecule has 1 aromatic heterocycles. The first-order valence-electron chi connectivity index (χ1n) is 18.3. The van der Waals surface area contributed by atoms with Crippen molar-refractivity contribution in [2.75, 3.05) is 0 Å². The molecule has 1 aliphatic rings. The van der Waals surface area contributed by atoms with Crippen LogP contribution in [0.2, 0.25) is 0 Å². The first kappa shape index (κ1) is 29.8. The molecule has 3 heteroatoms. The average molecular weight is 677 g/mol. The summed E-state index contributed by atoms with van der Waals surface area (Å²) in [6.07, 6.45) is 3.63. The van der Waals surface area contributed by atoms with Gasteiger partial charge in [-0.25, -0.2) is 4.99 Å². The molecule has 0 atom stereocenters. The number of hydrogen-bond acceptors (Lipinski definition) is 3. The number of aromatic nitrogens is 1. The second-order valence-electron chi connectivity index (χ2n) is 14.0. The molecular weight excluding hydrogens is 645 g/mol. The van der Waals surface area contributed by atoms with Gasteiger partial charge in [0.1, 0.15) is 0 Å². The molecular formula is C50H32N2O. The standard InChI is InChI=1S/C50H32N2O/c1-3-17-36-31(11-1)13-8-21-38(36)44-29-47-42-25-24-34(33-15-7-16-35(27-33)50-52-49-48(53-50)23-10-26-51-49)28-43(42)45(30-46(47)41-20-6-5-19-40(41)44)39-22-9-14-32-12-2-4-18-37(32)39/h1-9,11-22,24-30H,10,23H2. The number of oxazole rings is 1. The van der Waals surface area contributed by atoms with Crippen LogP contribution in [0, 0.1) is 0 Å². The fourth-order valence-electron chi connectivity index (χ4n) is 8.46. The Morgan fingerprint density at radius 2 is 0.962 bits per heavy atom. The van der Waals surface area contributed by atoms with Crippen molar-refractivity contribution in [3.05, 3.63) is 170 Å². The second kappa shape index (κ2) is 11.9. The molecule has 0 aliphatic carbocycles. The highest BCUT2D eigenvalue weighted by atomic mass is 16.4. The van der Waals surface area contributed by atoms with Gasteiger partial charge in [0.05, 0.1) is 0 Å². The van der Waals surface area contributed by atoms with Gasteiger partial charge in [-0.2, -0.15) is 4.98 Å². The number of hydrogen-bond donors (Lipinski definition) is 0. The van der Waals surface area contributed by atoms with Gasteiger partial charge in [0.15, 0.2) is 11.6 Å². The third kappa shape index (κ3) is 4.82. The molecule has 0 N–H and O–H groups in total. The molecule has 1 aliphatic heterocycles. The molecule has 3 nitrogen and oxygen atoms in total. The van der Waals surface area contributed by atoms with E-state index in [0.29, 0.717) is 11.7 Å². The zero-order valence-corrected chi connectivity index (χ0v) is 28.9. The Bertz CT molecular complexity index is 3120. The van der Waals surface area contributed by atoms with E-state index < -0.39 is 0 Å². The van der Waals surface area contributed by atoms with Gasteiger partial charge < -0.3 is 4.42 Å². The summed E-state index contributed by atoms with van der Waals surface area (Å²) in [5.41, 5.74) is 8.16. The van der Waals surface area contributed by atoms with Crippen molar-refractivity contribution in [3.8, 4) is 44.8 Å². The smallest absolute Gasteiger partial charge is 0.228 e. The minimum absolute atomic E-state index is 0.618. The minimum atomic E-state index is 0.618. The highest BCUT2D eigenvalue weighted by Gasteiger charge is 2.19. The molecule has 53 heavy (non-hydrogen) atoms. The van der Waals surface area contributed by atoms with Crippen LogP contribution < -0.4 is 0 Å². The van der Waals surface area contributed by atoms with E-state index in [0.717, 1.165) is 35.3 Å². The molecule has 0 bridgehead atoms. The predicted octanol–water partition coefficient (Wildman–Crippen LogP) is 13.8. The van der Waals surface area contributed by atoms with Crippen LogP contribution >= 0.6 is 0 Å². The van der Waals surface area contributed by atoms with E-state index in [2.05, 4.69) is 169 Å². The quantitative estimate of drug-likeness (QED) is 0.174. The van der Waals surface area contributed by atoms with Gasteiger partial charge in [-0.3, -0.25) is 0 Å². The monoisotopic (exact) mass is 676 g/mol. The van der Waals surface area contributed by atoms with Gasteiger partial charge in [-0.05, 0) is 124 Å². The van der Waals surface area contributed by atoms with Crippen molar-refractivity contribution in [2.45, 2.75) is 12.8 Å². The molecule has 0 spiro atoms. The number of nitrogens with zero attached hydrogens (tertiary/aromatic N) is 2. The largest absolute Gasteiger partial charge is 0.439 e. The van der Waals surface area contributed by atoms with Crippen LogP contribution in [0.4, 0.5) is 5.82 Å². The Morgan fingerprint density at radius 1 is 0.396 bits per heavy atom. The van der Waals surface area contributed by atoms with Crippen LogP contribution in [0.3, 0.4) is 0 Å². The average Bonchev–Trinajstić information content (AvgIpc) is 3.67. The van der Waals surface area contributed by atoms with Crippen LogP contribution in [-0.2, 0) is 6.42 Å². The number of aliphatic imine (C=N–C) groups is 1.